The molecule has 1 saturated heterocycles. The van der Waals surface area contributed by atoms with E-state index in [4.69, 9.17) is 4.74 Å². The zero-order valence-electron chi connectivity index (χ0n) is 12.9. The zero-order chi connectivity index (χ0) is 16.9. The zero-order valence-corrected chi connectivity index (χ0v) is 12.9. The average molecular weight is 331 g/mol. The second-order valence-electron chi connectivity index (χ2n) is 5.27. The number of carbonyl (C=O) groups is 1. The Kier molecular flexibility index (Phi) is 5.95. The molecule has 0 aromatic carbocycles. The molecule has 1 aliphatic rings. The van der Waals surface area contributed by atoms with Gasteiger partial charge < -0.3 is 15.0 Å². The summed E-state index contributed by atoms with van der Waals surface area (Å²) >= 11 is 0. The van der Waals surface area contributed by atoms with E-state index < -0.39 is 17.8 Å². The number of halogens is 3. The Hall–Kier alpha value is -1.67. The number of alkyl halides is 3. The summed E-state index contributed by atoms with van der Waals surface area (Å²) in [6, 6.07) is 1.72. The molecule has 1 aliphatic heterocycles. The van der Waals surface area contributed by atoms with Crippen LogP contribution in [-0.4, -0.2) is 48.1 Å². The number of nitrogens with zero attached hydrogens (tertiary/aromatic N) is 2. The van der Waals surface area contributed by atoms with Gasteiger partial charge in [0, 0.05) is 25.8 Å². The van der Waals surface area contributed by atoms with Crippen LogP contribution < -0.4 is 5.32 Å². The van der Waals surface area contributed by atoms with E-state index in [0.717, 1.165) is 6.07 Å². The molecule has 23 heavy (non-hydrogen) atoms. The molecule has 2 rings (SSSR count). The highest BCUT2D eigenvalue weighted by molar-refractivity contribution is 5.81. The van der Waals surface area contributed by atoms with E-state index in [0.29, 0.717) is 32.7 Å². The van der Waals surface area contributed by atoms with E-state index >= 15 is 0 Å². The molecule has 1 N–H and O–H groups in total. The highest BCUT2D eigenvalue weighted by Crippen LogP contribution is 2.30. The van der Waals surface area contributed by atoms with Crippen molar-refractivity contribution in [3.05, 3.63) is 29.6 Å². The van der Waals surface area contributed by atoms with Gasteiger partial charge in [-0.05, 0) is 18.6 Å². The molecular weight excluding hydrogens is 311 g/mol. The third kappa shape index (κ3) is 4.65. The van der Waals surface area contributed by atoms with Crippen molar-refractivity contribution in [2.24, 2.45) is 0 Å². The Labute approximate surface area is 132 Å². The van der Waals surface area contributed by atoms with Crippen molar-refractivity contribution in [1.82, 2.24) is 15.2 Å². The lowest BCUT2D eigenvalue weighted by molar-refractivity contribution is -0.138. The molecule has 2 heterocycles. The van der Waals surface area contributed by atoms with Gasteiger partial charge >= 0.3 is 6.18 Å². The molecule has 0 radical (unpaired) electrons. The molecule has 1 aromatic heterocycles. The number of hydrogen-bond acceptors (Lipinski definition) is 4. The highest BCUT2D eigenvalue weighted by Gasteiger charge is 2.34. The molecule has 0 bridgehead atoms. The molecule has 0 spiro atoms. The minimum Gasteiger partial charge on any atom is -0.378 e. The predicted octanol–water partition coefficient (Wildman–Crippen LogP) is 1.83. The lowest BCUT2D eigenvalue weighted by atomic mass is 10.1. The summed E-state index contributed by atoms with van der Waals surface area (Å²) in [5.41, 5.74) is -0.880. The third-order valence-corrected chi connectivity index (χ3v) is 3.74. The molecular formula is C15H20F3N3O2. The number of aromatic nitrogens is 1. The van der Waals surface area contributed by atoms with E-state index in [1.807, 2.05) is 6.92 Å². The quantitative estimate of drug-likeness (QED) is 0.894. The molecule has 128 valence electrons. The van der Waals surface area contributed by atoms with Gasteiger partial charge in [0.25, 0.3) is 0 Å². The summed E-state index contributed by atoms with van der Waals surface area (Å²) < 4.78 is 44.0. The van der Waals surface area contributed by atoms with E-state index in [1.165, 1.54) is 12.3 Å². The number of nitrogens with one attached hydrogen (secondary N) is 1. The Balaban J connectivity index is 2.02. The molecule has 8 heteroatoms. The minimum absolute atomic E-state index is 0.103. The maximum Gasteiger partial charge on any atom is 0.418 e. The Morgan fingerprint density at radius 1 is 1.43 bits per heavy atom. The van der Waals surface area contributed by atoms with Crippen molar-refractivity contribution in [3.63, 3.8) is 0 Å². The van der Waals surface area contributed by atoms with Crippen LogP contribution >= 0.6 is 0 Å². The topological polar surface area (TPSA) is 54.5 Å². The van der Waals surface area contributed by atoms with Gasteiger partial charge in [0.05, 0.1) is 30.5 Å². The van der Waals surface area contributed by atoms with Crippen LogP contribution in [0.5, 0.6) is 0 Å². The number of hydrogen-bond donors (Lipinski definition) is 1. The number of rotatable bonds is 5. The van der Waals surface area contributed by atoms with Crippen LogP contribution in [0.1, 0.15) is 24.6 Å². The normalized spacial score (nSPS) is 17.1. The van der Waals surface area contributed by atoms with Gasteiger partial charge in [-0.15, -0.1) is 0 Å². The fourth-order valence-electron chi connectivity index (χ4n) is 2.47. The summed E-state index contributed by atoms with van der Waals surface area (Å²) in [6.07, 6.45) is -2.65. The first-order chi connectivity index (χ1) is 10.9. The SMILES string of the molecule is CC[C@H](NCc1ncccc1C(F)(F)F)C(=O)N1CCOCC1. The predicted molar refractivity (Wildman–Crippen MR) is 77.6 cm³/mol. The number of ether oxygens (including phenoxy) is 1. The van der Waals surface area contributed by atoms with Crippen molar-refractivity contribution in [3.8, 4) is 0 Å². The van der Waals surface area contributed by atoms with Crippen molar-refractivity contribution in [2.45, 2.75) is 32.1 Å². The summed E-state index contributed by atoms with van der Waals surface area (Å²) in [7, 11) is 0. The lowest BCUT2D eigenvalue weighted by Gasteiger charge is -2.30. The van der Waals surface area contributed by atoms with Crippen LogP contribution in [0, 0.1) is 0 Å². The van der Waals surface area contributed by atoms with Gasteiger partial charge in [0.1, 0.15) is 0 Å². The van der Waals surface area contributed by atoms with Gasteiger partial charge in [-0.1, -0.05) is 6.92 Å². The minimum atomic E-state index is -4.46. The molecule has 0 saturated carbocycles. The van der Waals surface area contributed by atoms with E-state index in [9.17, 15) is 18.0 Å². The van der Waals surface area contributed by atoms with Crippen molar-refractivity contribution < 1.29 is 22.7 Å². The number of morpholine rings is 1. The second-order valence-corrected chi connectivity index (χ2v) is 5.27. The Morgan fingerprint density at radius 2 is 2.13 bits per heavy atom. The fraction of sp³-hybridized carbons (Fsp3) is 0.600. The second kappa shape index (κ2) is 7.74. The number of pyridine rings is 1. The number of carbonyl (C=O) groups excluding carboxylic acids is 1. The molecule has 1 aromatic rings. The maximum atomic E-state index is 12.9. The van der Waals surface area contributed by atoms with Gasteiger partial charge in [-0.25, -0.2) is 0 Å². The smallest absolute Gasteiger partial charge is 0.378 e. The van der Waals surface area contributed by atoms with Gasteiger partial charge in [0.15, 0.2) is 0 Å². The molecule has 1 fully saturated rings. The van der Waals surface area contributed by atoms with E-state index in [2.05, 4.69) is 10.3 Å². The van der Waals surface area contributed by atoms with Crippen LogP contribution in [-0.2, 0) is 22.3 Å². The average Bonchev–Trinajstić information content (AvgIpc) is 2.55. The van der Waals surface area contributed by atoms with E-state index in [1.54, 1.807) is 4.90 Å². The summed E-state index contributed by atoms with van der Waals surface area (Å²) in [5.74, 6) is -0.111. The summed E-state index contributed by atoms with van der Waals surface area (Å²) in [6.45, 7) is 3.70. The highest BCUT2D eigenvalue weighted by atomic mass is 19.4. The largest absolute Gasteiger partial charge is 0.418 e. The van der Waals surface area contributed by atoms with Crippen molar-refractivity contribution in [1.29, 1.82) is 0 Å². The van der Waals surface area contributed by atoms with E-state index in [-0.39, 0.29) is 18.1 Å². The molecule has 5 nitrogen and oxygen atoms in total. The van der Waals surface area contributed by atoms with Crippen LogP contribution in [0.25, 0.3) is 0 Å². The Morgan fingerprint density at radius 3 is 2.74 bits per heavy atom. The summed E-state index contributed by atoms with van der Waals surface area (Å²) in [4.78, 5) is 17.9. The first kappa shape index (κ1) is 17.7. The summed E-state index contributed by atoms with van der Waals surface area (Å²) in [5, 5.41) is 2.90. The molecule has 1 atom stereocenters. The monoisotopic (exact) mass is 331 g/mol. The molecule has 0 unspecified atom stereocenters. The molecule has 0 aliphatic carbocycles. The van der Waals surface area contributed by atoms with Gasteiger partial charge in [-0.2, -0.15) is 13.2 Å². The van der Waals surface area contributed by atoms with Crippen LogP contribution in [0.3, 0.4) is 0 Å². The van der Waals surface area contributed by atoms with Crippen LogP contribution in [0.4, 0.5) is 13.2 Å². The first-order valence-electron chi connectivity index (χ1n) is 7.54. The Bertz CT molecular complexity index is 531. The molecule has 1 amide bonds. The fourth-order valence-corrected chi connectivity index (χ4v) is 2.47. The maximum absolute atomic E-state index is 12.9. The van der Waals surface area contributed by atoms with Crippen molar-refractivity contribution >= 4 is 5.91 Å². The van der Waals surface area contributed by atoms with Crippen molar-refractivity contribution in [2.75, 3.05) is 26.3 Å². The van der Waals surface area contributed by atoms with Crippen LogP contribution in [0.15, 0.2) is 18.3 Å². The first-order valence-corrected chi connectivity index (χ1v) is 7.54. The van der Waals surface area contributed by atoms with Crippen LogP contribution in [0.2, 0.25) is 0 Å². The van der Waals surface area contributed by atoms with Gasteiger partial charge in [-0.3, -0.25) is 9.78 Å². The lowest BCUT2D eigenvalue weighted by Crippen LogP contribution is -2.50. The third-order valence-electron chi connectivity index (χ3n) is 3.74. The standard InChI is InChI=1S/C15H20F3N3O2/c1-2-12(14(22)21-6-8-23-9-7-21)20-10-13-11(15(16,17)18)4-3-5-19-13/h3-5,12,20H,2,6-10H2,1H3/t12-/m0/s1. The number of amides is 1. The van der Waals surface area contributed by atoms with Gasteiger partial charge in [0.2, 0.25) is 5.91 Å².